The summed E-state index contributed by atoms with van der Waals surface area (Å²) in [5, 5.41) is 0. The lowest BCUT2D eigenvalue weighted by Gasteiger charge is -2.39. The molecule has 90 valence electrons. The van der Waals surface area contributed by atoms with Crippen molar-refractivity contribution in [3.8, 4) is 0 Å². The molecular weight excluding hydrogens is 194 g/mol. The molecule has 16 heavy (non-hydrogen) atoms. The molecule has 0 saturated carbocycles. The maximum Gasteiger partial charge on any atom is 0.0312 e. The van der Waals surface area contributed by atoms with Crippen LogP contribution in [0.3, 0.4) is 0 Å². The van der Waals surface area contributed by atoms with Gasteiger partial charge in [0.25, 0.3) is 0 Å². The fraction of sp³-hybridized carbons (Fsp3) is 0.867. The number of rotatable bonds is 0. The topological polar surface area (TPSA) is 3.24 Å². The highest BCUT2D eigenvalue weighted by Crippen LogP contribution is 2.36. The van der Waals surface area contributed by atoms with E-state index < -0.39 is 0 Å². The quantitative estimate of drug-likeness (QED) is 0.593. The van der Waals surface area contributed by atoms with E-state index in [0.29, 0.717) is 0 Å². The van der Waals surface area contributed by atoms with E-state index in [1.165, 1.54) is 70.8 Å². The Kier molecular flexibility index (Phi) is 3.21. The van der Waals surface area contributed by atoms with Crippen LogP contribution in [-0.2, 0) is 0 Å². The fourth-order valence-electron chi connectivity index (χ4n) is 4.02. The van der Waals surface area contributed by atoms with Crippen LogP contribution in [0.5, 0.6) is 0 Å². The first-order valence-corrected chi connectivity index (χ1v) is 7.39. The summed E-state index contributed by atoms with van der Waals surface area (Å²) < 4.78 is 0. The van der Waals surface area contributed by atoms with Gasteiger partial charge in [0.2, 0.25) is 0 Å². The van der Waals surface area contributed by atoms with Gasteiger partial charge in [-0.05, 0) is 63.5 Å². The predicted molar refractivity (Wildman–Crippen MR) is 68.2 cm³/mol. The molecule has 0 radical (unpaired) electrons. The Morgan fingerprint density at radius 1 is 0.875 bits per heavy atom. The second kappa shape index (κ2) is 4.81. The average molecular weight is 219 g/mol. The molecular formula is C15H25N. The van der Waals surface area contributed by atoms with Crippen LogP contribution < -0.4 is 0 Å². The summed E-state index contributed by atoms with van der Waals surface area (Å²) in [4.78, 5) is 2.74. The number of hydrogen-bond donors (Lipinski definition) is 0. The zero-order chi connectivity index (χ0) is 10.8. The van der Waals surface area contributed by atoms with Crippen molar-refractivity contribution < 1.29 is 0 Å². The van der Waals surface area contributed by atoms with Crippen LogP contribution in [-0.4, -0.2) is 17.5 Å². The van der Waals surface area contributed by atoms with Gasteiger partial charge in [0.15, 0.2) is 0 Å². The van der Waals surface area contributed by atoms with Gasteiger partial charge in [-0.1, -0.05) is 18.4 Å². The summed E-state index contributed by atoms with van der Waals surface area (Å²) in [5.41, 5.74) is 1.75. The van der Waals surface area contributed by atoms with Gasteiger partial charge in [-0.3, -0.25) is 0 Å². The summed E-state index contributed by atoms with van der Waals surface area (Å²) >= 11 is 0. The van der Waals surface area contributed by atoms with E-state index in [9.17, 15) is 0 Å². The maximum atomic E-state index is 2.74. The molecule has 3 rings (SSSR count). The Morgan fingerprint density at radius 3 is 2.62 bits per heavy atom. The molecule has 0 spiro atoms. The number of allylic oxidation sites excluding steroid dienone is 1. The second-order valence-electron chi connectivity index (χ2n) is 5.99. The molecule has 3 aliphatic heterocycles. The van der Waals surface area contributed by atoms with Crippen LogP contribution in [0.4, 0.5) is 0 Å². The third-order valence-electron chi connectivity index (χ3n) is 4.88. The van der Waals surface area contributed by atoms with Gasteiger partial charge in [-0.2, -0.15) is 0 Å². The summed E-state index contributed by atoms with van der Waals surface area (Å²) in [5.74, 6) is 1.01. The van der Waals surface area contributed by atoms with Crippen molar-refractivity contribution in [3.63, 3.8) is 0 Å². The van der Waals surface area contributed by atoms with Crippen molar-refractivity contribution in [3.05, 3.63) is 11.8 Å². The SMILES string of the molecule is C1=C2CCCC3CCCCCN1C3CCC2. The Hall–Kier alpha value is -0.460. The molecule has 0 aromatic heterocycles. The Balaban J connectivity index is 1.88. The highest BCUT2D eigenvalue weighted by Gasteiger charge is 2.30. The molecule has 0 aliphatic carbocycles. The Morgan fingerprint density at radius 2 is 1.69 bits per heavy atom. The third kappa shape index (κ3) is 2.14. The molecule has 1 saturated heterocycles. The zero-order valence-electron chi connectivity index (χ0n) is 10.5. The molecule has 1 fully saturated rings. The van der Waals surface area contributed by atoms with Crippen molar-refractivity contribution in [2.75, 3.05) is 6.54 Å². The first-order valence-electron chi connectivity index (χ1n) is 7.39. The lowest BCUT2D eigenvalue weighted by Crippen LogP contribution is -2.39. The van der Waals surface area contributed by atoms with E-state index in [1.807, 2.05) is 0 Å². The van der Waals surface area contributed by atoms with E-state index in [0.717, 1.165) is 12.0 Å². The van der Waals surface area contributed by atoms with Crippen molar-refractivity contribution in [2.45, 2.75) is 70.3 Å². The van der Waals surface area contributed by atoms with Gasteiger partial charge >= 0.3 is 0 Å². The molecule has 1 nitrogen and oxygen atoms in total. The molecule has 3 aliphatic rings. The zero-order valence-corrected chi connectivity index (χ0v) is 10.5. The molecule has 0 N–H and O–H groups in total. The van der Waals surface area contributed by atoms with Gasteiger partial charge in [-0.25, -0.2) is 0 Å². The first-order chi connectivity index (χ1) is 7.93. The Labute approximate surface area is 99.9 Å². The lowest BCUT2D eigenvalue weighted by molar-refractivity contribution is 0.151. The molecule has 3 heterocycles. The van der Waals surface area contributed by atoms with E-state index in [-0.39, 0.29) is 0 Å². The van der Waals surface area contributed by atoms with E-state index >= 15 is 0 Å². The van der Waals surface area contributed by atoms with Crippen molar-refractivity contribution in [2.24, 2.45) is 5.92 Å². The molecule has 0 aromatic rings. The van der Waals surface area contributed by atoms with Crippen LogP contribution >= 0.6 is 0 Å². The molecule has 0 amide bonds. The fourth-order valence-corrected chi connectivity index (χ4v) is 4.02. The minimum absolute atomic E-state index is 0.901. The third-order valence-corrected chi connectivity index (χ3v) is 4.88. The highest BCUT2D eigenvalue weighted by atomic mass is 15.1. The standard InChI is InChI=1S/C15H25N/c1-2-8-14-9-4-6-13-7-5-10-15(14)16(12-13)11-3-1/h12,14-15H,1-11H2. The van der Waals surface area contributed by atoms with Crippen LogP contribution in [0.25, 0.3) is 0 Å². The average Bonchev–Trinajstić information content (AvgIpc) is 2.36. The van der Waals surface area contributed by atoms with Crippen molar-refractivity contribution in [1.29, 1.82) is 0 Å². The monoisotopic (exact) mass is 219 g/mol. The van der Waals surface area contributed by atoms with Gasteiger partial charge < -0.3 is 4.90 Å². The molecule has 4 bridgehead atoms. The smallest absolute Gasteiger partial charge is 0.0312 e. The second-order valence-corrected chi connectivity index (χ2v) is 5.99. The predicted octanol–water partition coefficient (Wildman–Crippen LogP) is 4.10. The number of hydrogen-bond acceptors (Lipinski definition) is 1. The molecule has 2 atom stereocenters. The summed E-state index contributed by atoms with van der Waals surface area (Å²) in [7, 11) is 0. The van der Waals surface area contributed by atoms with Gasteiger partial charge in [0.05, 0.1) is 0 Å². The van der Waals surface area contributed by atoms with E-state index in [2.05, 4.69) is 11.1 Å². The highest BCUT2D eigenvalue weighted by molar-refractivity contribution is 5.07. The minimum Gasteiger partial charge on any atom is -0.374 e. The van der Waals surface area contributed by atoms with Crippen LogP contribution in [0.2, 0.25) is 0 Å². The molecule has 1 heteroatoms. The maximum absolute atomic E-state index is 2.74. The molecule has 2 unspecified atom stereocenters. The van der Waals surface area contributed by atoms with Gasteiger partial charge in [0, 0.05) is 12.6 Å². The molecule has 0 aromatic carbocycles. The van der Waals surface area contributed by atoms with Crippen molar-refractivity contribution in [1.82, 2.24) is 4.90 Å². The summed E-state index contributed by atoms with van der Waals surface area (Å²) in [6.45, 7) is 1.34. The van der Waals surface area contributed by atoms with Crippen LogP contribution in [0, 0.1) is 5.92 Å². The largest absolute Gasteiger partial charge is 0.374 e. The van der Waals surface area contributed by atoms with Gasteiger partial charge in [-0.15, -0.1) is 0 Å². The minimum atomic E-state index is 0.901. The van der Waals surface area contributed by atoms with Crippen LogP contribution in [0.1, 0.15) is 64.2 Å². The number of nitrogens with zero attached hydrogens (tertiary/aromatic N) is 1. The summed E-state index contributed by atoms with van der Waals surface area (Å²) in [6, 6.07) is 0.901. The first kappa shape index (κ1) is 10.7. The van der Waals surface area contributed by atoms with Crippen LogP contribution in [0.15, 0.2) is 11.8 Å². The normalized spacial score (nSPS) is 35.5. The van der Waals surface area contributed by atoms with Crippen molar-refractivity contribution >= 4 is 0 Å². The van der Waals surface area contributed by atoms with E-state index in [1.54, 1.807) is 5.57 Å². The van der Waals surface area contributed by atoms with E-state index in [4.69, 9.17) is 0 Å². The Bertz CT molecular complexity index is 269. The van der Waals surface area contributed by atoms with Gasteiger partial charge in [0.1, 0.15) is 0 Å². The summed E-state index contributed by atoms with van der Waals surface area (Å²) in [6.07, 6.45) is 17.1. The lowest BCUT2D eigenvalue weighted by atomic mass is 9.84.